The average molecular weight is 242 g/mol. The molecule has 17 heavy (non-hydrogen) atoms. The highest BCUT2D eigenvalue weighted by molar-refractivity contribution is 4.89. The Morgan fingerprint density at radius 3 is 1.82 bits per heavy atom. The van der Waals surface area contributed by atoms with Gasteiger partial charge in [0, 0.05) is 18.6 Å². The lowest BCUT2D eigenvalue weighted by Gasteiger charge is -2.36. The summed E-state index contributed by atoms with van der Waals surface area (Å²) in [7, 11) is 0. The predicted octanol–water partition coefficient (Wildman–Crippen LogP) is 4.06. The van der Waals surface area contributed by atoms with Crippen LogP contribution in [0, 0.1) is 11.3 Å². The fourth-order valence-electron chi connectivity index (χ4n) is 1.86. The minimum Gasteiger partial charge on any atom is -0.381 e. The molecule has 0 N–H and O–H groups in total. The van der Waals surface area contributed by atoms with E-state index >= 15 is 0 Å². The van der Waals surface area contributed by atoms with E-state index in [1.165, 1.54) is 0 Å². The molecule has 0 spiro atoms. The lowest BCUT2D eigenvalue weighted by molar-refractivity contribution is -0.0464. The summed E-state index contributed by atoms with van der Waals surface area (Å²) in [6, 6.07) is 0. The smallest absolute Gasteiger partial charge is 0.0549 e. The van der Waals surface area contributed by atoms with Crippen LogP contribution in [0.2, 0.25) is 0 Å². The molecule has 0 aliphatic rings. The molecule has 0 aromatic carbocycles. The van der Waals surface area contributed by atoms with Gasteiger partial charge in [0.1, 0.15) is 0 Å². The summed E-state index contributed by atoms with van der Waals surface area (Å²) in [4.78, 5) is 0. The predicted molar refractivity (Wildman–Crippen MR) is 74.3 cm³/mol. The summed E-state index contributed by atoms with van der Waals surface area (Å²) >= 11 is 0. The molecule has 0 rings (SSSR count). The van der Waals surface area contributed by atoms with Gasteiger partial charge in [-0.2, -0.15) is 0 Å². The van der Waals surface area contributed by atoms with E-state index in [-0.39, 0.29) is 5.41 Å². The lowest BCUT2D eigenvalue weighted by Crippen LogP contribution is -2.37. The summed E-state index contributed by atoms with van der Waals surface area (Å²) in [6.45, 7) is 15.8. The third-order valence-corrected chi connectivity index (χ3v) is 3.25. The van der Waals surface area contributed by atoms with Crippen LogP contribution in [0.1, 0.15) is 47.0 Å². The minimum absolute atomic E-state index is 0.0894. The maximum atomic E-state index is 5.77. The number of ether oxygens (including phenoxy) is 2. The fourth-order valence-corrected chi connectivity index (χ4v) is 1.86. The first-order chi connectivity index (χ1) is 8.13. The molecule has 0 aromatic heterocycles. The molecule has 0 bridgehead atoms. The largest absolute Gasteiger partial charge is 0.381 e. The van der Waals surface area contributed by atoms with Crippen molar-refractivity contribution in [2.75, 3.05) is 26.4 Å². The monoisotopic (exact) mass is 242 g/mol. The molecule has 0 fully saturated rings. The SMILES string of the molecule is C=CCC(COCCC)(COCCC)C(C)C. The third kappa shape index (κ3) is 6.23. The van der Waals surface area contributed by atoms with Crippen molar-refractivity contribution < 1.29 is 9.47 Å². The molecule has 2 heteroatoms. The van der Waals surface area contributed by atoms with E-state index in [9.17, 15) is 0 Å². The van der Waals surface area contributed by atoms with Crippen molar-refractivity contribution in [2.24, 2.45) is 11.3 Å². The highest BCUT2D eigenvalue weighted by atomic mass is 16.5. The Labute approximate surface area is 107 Å². The Morgan fingerprint density at radius 2 is 1.53 bits per heavy atom. The molecule has 0 radical (unpaired) electrons. The van der Waals surface area contributed by atoms with Crippen LogP contribution in [0.25, 0.3) is 0 Å². The number of rotatable bonds is 11. The van der Waals surface area contributed by atoms with Gasteiger partial charge in [-0.3, -0.25) is 0 Å². The first-order valence-electron chi connectivity index (χ1n) is 6.89. The molecule has 0 atom stereocenters. The molecule has 102 valence electrons. The van der Waals surface area contributed by atoms with Crippen LogP contribution in [0.15, 0.2) is 12.7 Å². The van der Waals surface area contributed by atoms with E-state index in [0.29, 0.717) is 5.92 Å². The molecule has 0 saturated carbocycles. The summed E-state index contributed by atoms with van der Waals surface area (Å²) < 4.78 is 11.5. The molecule has 2 nitrogen and oxygen atoms in total. The molecule has 0 aliphatic carbocycles. The van der Waals surface area contributed by atoms with E-state index in [2.05, 4.69) is 34.3 Å². The van der Waals surface area contributed by atoms with Crippen LogP contribution in [-0.4, -0.2) is 26.4 Å². The maximum Gasteiger partial charge on any atom is 0.0549 e. The normalized spacial score (nSPS) is 12.1. The van der Waals surface area contributed by atoms with Gasteiger partial charge in [-0.05, 0) is 25.2 Å². The number of hydrogen-bond donors (Lipinski definition) is 0. The van der Waals surface area contributed by atoms with Crippen LogP contribution in [0.4, 0.5) is 0 Å². The van der Waals surface area contributed by atoms with Crippen molar-refractivity contribution in [2.45, 2.75) is 47.0 Å². The van der Waals surface area contributed by atoms with Gasteiger partial charge in [0.25, 0.3) is 0 Å². The molecule has 0 saturated heterocycles. The zero-order chi connectivity index (χ0) is 13.1. The molecule has 0 unspecified atom stereocenters. The first kappa shape index (κ1) is 16.7. The second kappa shape index (κ2) is 9.67. The minimum atomic E-state index is 0.0894. The summed E-state index contributed by atoms with van der Waals surface area (Å²) in [6.07, 6.45) is 5.08. The van der Waals surface area contributed by atoms with Crippen molar-refractivity contribution in [1.29, 1.82) is 0 Å². The Balaban J connectivity index is 4.42. The van der Waals surface area contributed by atoms with Crippen molar-refractivity contribution in [3.8, 4) is 0 Å². The van der Waals surface area contributed by atoms with Crippen LogP contribution in [0.3, 0.4) is 0 Å². The van der Waals surface area contributed by atoms with Gasteiger partial charge >= 0.3 is 0 Å². The van der Waals surface area contributed by atoms with E-state index in [1.807, 2.05) is 6.08 Å². The molecule has 0 aliphatic heterocycles. The zero-order valence-corrected chi connectivity index (χ0v) is 12.1. The van der Waals surface area contributed by atoms with Crippen molar-refractivity contribution in [1.82, 2.24) is 0 Å². The topological polar surface area (TPSA) is 18.5 Å². The Morgan fingerprint density at radius 1 is 1.06 bits per heavy atom. The van der Waals surface area contributed by atoms with Crippen molar-refractivity contribution >= 4 is 0 Å². The highest BCUT2D eigenvalue weighted by Gasteiger charge is 2.33. The van der Waals surface area contributed by atoms with Crippen LogP contribution < -0.4 is 0 Å². The Hall–Kier alpha value is -0.340. The second-order valence-electron chi connectivity index (χ2n) is 5.12. The van der Waals surface area contributed by atoms with E-state index < -0.39 is 0 Å². The van der Waals surface area contributed by atoms with Crippen LogP contribution in [-0.2, 0) is 9.47 Å². The van der Waals surface area contributed by atoms with E-state index in [4.69, 9.17) is 9.47 Å². The van der Waals surface area contributed by atoms with Gasteiger partial charge in [-0.1, -0.05) is 33.8 Å². The van der Waals surface area contributed by atoms with Gasteiger partial charge in [-0.25, -0.2) is 0 Å². The summed E-state index contributed by atoms with van der Waals surface area (Å²) in [5.74, 6) is 0.536. The molecule has 0 heterocycles. The molecule has 0 aromatic rings. The van der Waals surface area contributed by atoms with E-state index in [1.54, 1.807) is 0 Å². The van der Waals surface area contributed by atoms with Crippen LogP contribution in [0.5, 0.6) is 0 Å². The summed E-state index contributed by atoms with van der Waals surface area (Å²) in [5.41, 5.74) is 0.0894. The quantitative estimate of drug-likeness (QED) is 0.402. The Kier molecular flexibility index (Phi) is 9.47. The van der Waals surface area contributed by atoms with Crippen molar-refractivity contribution in [3.05, 3.63) is 12.7 Å². The lowest BCUT2D eigenvalue weighted by atomic mass is 9.76. The number of hydrogen-bond acceptors (Lipinski definition) is 2. The number of allylic oxidation sites excluding steroid dienone is 1. The highest BCUT2D eigenvalue weighted by Crippen LogP contribution is 2.33. The van der Waals surface area contributed by atoms with Gasteiger partial charge in [-0.15, -0.1) is 6.58 Å². The Bertz CT molecular complexity index is 177. The average Bonchev–Trinajstić information content (AvgIpc) is 2.29. The fraction of sp³-hybridized carbons (Fsp3) is 0.867. The van der Waals surface area contributed by atoms with Gasteiger partial charge in [0.05, 0.1) is 13.2 Å². The third-order valence-electron chi connectivity index (χ3n) is 3.25. The van der Waals surface area contributed by atoms with Crippen LogP contribution >= 0.6 is 0 Å². The first-order valence-corrected chi connectivity index (χ1v) is 6.89. The molecular weight excluding hydrogens is 212 g/mol. The van der Waals surface area contributed by atoms with Crippen molar-refractivity contribution in [3.63, 3.8) is 0 Å². The summed E-state index contributed by atoms with van der Waals surface area (Å²) in [5, 5.41) is 0. The van der Waals surface area contributed by atoms with Gasteiger partial charge in [0.2, 0.25) is 0 Å². The standard InChI is InChI=1S/C15H30O2/c1-6-9-15(14(4)5,12-16-10-7-2)13-17-11-8-3/h6,14H,1,7-13H2,2-5H3. The zero-order valence-electron chi connectivity index (χ0n) is 12.1. The van der Waals surface area contributed by atoms with Gasteiger partial charge in [0.15, 0.2) is 0 Å². The molecule has 0 amide bonds. The molecular formula is C15H30O2. The maximum absolute atomic E-state index is 5.77. The van der Waals surface area contributed by atoms with E-state index in [0.717, 1.165) is 45.7 Å². The van der Waals surface area contributed by atoms with Gasteiger partial charge < -0.3 is 9.47 Å². The second-order valence-corrected chi connectivity index (χ2v) is 5.12.